The number of nitrogens with zero attached hydrogens (tertiary/aromatic N) is 5. The Hall–Kier alpha value is -2.79. The van der Waals surface area contributed by atoms with Gasteiger partial charge in [-0.3, -0.25) is 4.98 Å². The van der Waals surface area contributed by atoms with Crippen LogP contribution in [0.2, 0.25) is 0 Å². The van der Waals surface area contributed by atoms with Crippen LogP contribution in [0.1, 0.15) is 6.92 Å². The predicted octanol–water partition coefficient (Wildman–Crippen LogP) is 3.59. The highest BCUT2D eigenvalue weighted by Gasteiger charge is 2.14. The standard InChI is InChI=1S/C21H25N5/c1-4-25(2)14-15-26(3)21-19(17-10-12-22-13-11-17)16-20(23-24-21)18-8-6-5-7-9-18/h5-13,16H,4,14-15H2,1-3H3. The highest BCUT2D eigenvalue weighted by molar-refractivity contribution is 5.78. The molecule has 0 unspecified atom stereocenters. The Morgan fingerprint density at radius 3 is 2.27 bits per heavy atom. The maximum atomic E-state index is 4.57. The highest BCUT2D eigenvalue weighted by Crippen LogP contribution is 2.30. The van der Waals surface area contributed by atoms with Crippen molar-refractivity contribution in [3.05, 3.63) is 60.9 Å². The summed E-state index contributed by atoms with van der Waals surface area (Å²) in [4.78, 5) is 8.60. The summed E-state index contributed by atoms with van der Waals surface area (Å²) in [5.74, 6) is 0.889. The van der Waals surface area contributed by atoms with E-state index in [4.69, 9.17) is 0 Å². The molecular formula is C21H25N5. The molecule has 134 valence electrons. The van der Waals surface area contributed by atoms with Crippen LogP contribution in [0.4, 0.5) is 5.82 Å². The smallest absolute Gasteiger partial charge is 0.158 e. The van der Waals surface area contributed by atoms with Crippen LogP contribution in [0, 0.1) is 0 Å². The van der Waals surface area contributed by atoms with Crippen LogP contribution in [0.3, 0.4) is 0 Å². The normalized spacial score (nSPS) is 10.9. The van der Waals surface area contributed by atoms with Crippen molar-refractivity contribution >= 4 is 5.82 Å². The lowest BCUT2D eigenvalue weighted by atomic mass is 10.0. The fourth-order valence-corrected chi connectivity index (χ4v) is 2.75. The fourth-order valence-electron chi connectivity index (χ4n) is 2.75. The molecule has 0 aliphatic heterocycles. The second-order valence-corrected chi connectivity index (χ2v) is 6.39. The quantitative estimate of drug-likeness (QED) is 0.653. The van der Waals surface area contributed by atoms with Gasteiger partial charge in [-0.25, -0.2) is 0 Å². The Balaban J connectivity index is 1.98. The lowest BCUT2D eigenvalue weighted by Gasteiger charge is -2.24. The molecule has 1 aromatic carbocycles. The molecule has 0 saturated carbocycles. The summed E-state index contributed by atoms with van der Waals surface area (Å²) in [7, 11) is 4.20. The third kappa shape index (κ3) is 4.24. The SMILES string of the molecule is CCN(C)CCN(C)c1nnc(-c2ccccc2)cc1-c1ccncc1. The molecule has 0 bridgehead atoms. The topological polar surface area (TPSA) is 45.2 Å². The Bertz CT molecular complexity index is 820. The third-order valence-electron chi connectivity index (χ3n) is 4.55. The predicted molar refractivity (Wildman–Crippen MR) is 107 cm³/mol. The Labute approximate surface area is 155 Å². The van der Waals surface area contributed by atoms with E-state index < -0.39 is 0 Å². The van der Waals surface area contributed by atoms with Gasteiger partial charge in [0.1, 0.15) is 0 Å². The van der Waals surface area contributed by atoms with E-state index in [2.05, 4.69) is 64.2 Å². The van der Waals surface area contributed by atoms with E-state index in [0.29, 0.717) is 0 Å². The lowest BCUT2D eigenvalue weighted by molar-refractivity contribution is 0.360. The first kappa shape index (κ1) is 18.0. The van der Waals surface area contributed by atoms with E-state index in [0.717, 1.165) is 47.8 Å². The summed E-state index contributed by atoms with van der Waals surface area (Å²) in [5, 5.41) is 9.05. The van der Waals surface area contributed by atoms with E-state index in [1.165, 1.54) is 0 Å². The molecule has 0 spiro atoms. The maximum absolute atomic E-state index is 4.57. The van der Waals surface area contributed by atoms with Gasteiger partial charge in [0, 0.05) is 43.7 Å². The average molecular weight is 347 g/mol. The Morgan fingerprint density at radius 1 is 0.846 bits per heavy atom. The van der Waals surface area contributed by atoms with E-state index >= 15 is 0 Å². The van der Waals surface area contributed by atoms with Crippen molar-refractivity contribution in [3.8, 4) is 22.4 Å². The fraction of sp³-hybridized carbons (Fsp3) is 0.286. The van der Waals surface area contributed by atoms with Crippen molar-refractivity contribution in [2.75, 3.05) is 38.6 Å². The van der Waals surface area contributed by atoms with Gasteiger partial charge < -0.3 is 9.80 Å². The Kier molecular flexibility index (Phi) is 5.92. The number of benzene rings is 1. The molecular weight excluding hydrogens is 322 g/mol. The minimum absolute atomic E-state index is 0.875. The molecule has 5 nitrogen and oxygen atoms in total. The van der Waals surface area contributed by atoms with Crippen molar-refractivity contribution in [3.63, 3.8) is 0 Å². The molecule has 2 heterocycles. The van der Waals surface area contributed by atoms with Crippen LogP contribution < -0.4 is 4.90 Å². The molecule has 0 radical (unpaired) electrons. The molecule has 0 aliphatic rings. The summed E-state index contributed by atoms with van der Waals surface area (Å²) in [5.41, 5.74) is 4.11. The number of anilines is 1. The molecule has 0 saturated heterocycles. The van der Waals surface area contributed by atoms with Crippen LogP contribution in [0.15, 0.2) is 60.9 Å². The maximum Gasteiger partial charge on any atom is 0.158 e. The van der Waals surface area contributed by atoms with Crippen LogP contribution in [0.5, 0.6) is 0 Å². The number of likely N-dealkylation sites (N-methyl/N-ethyl adjacent to an activating group) is 2. The number of hydrogen-bond acceptors (Lipinski definition) is 5. The van der Waals surface area contributed by atoms with Crippen molar-refractivity contribution < 1.29 is 0 Å². The van der Waals surface area contributed by atoms with Crippen LogP contribution in [-0.4, -0.2) is 53.8 Å². The monoisotopic (exact) mass is 347 g/mol. The minimum atomic E-state index is 0.875. The van der Waals surface area contributed by atoms with Gasteiger partial charge in [-0.2, -0.15) is 0 Å². The van der Waals surface area contributed by atoms with Gasteiger partial charge >= 0.3 is 0 Å². The van der Waals surface area contributed by atoms with E-state index in [1.807, 2.05) is 42.7 Å². The lowest BCUT2D eigenvalue weighted by Crippen LogP contribution is -2.31. The molecule has 2 aromatic heterocycles. The molecule has 3 rings (SSSR count). The van der Waals surface area contributed by atoms with Gasteiger partial charge in [-0.05, 0) is 37.4 Å². The van der Waals surface area contributed by atoms with Crippen LogP contribution in [0.25, 0.3) is 22.4 Å². The third-order valence-corrected chi connectivity index (χ3v) is 4.55. The first-order valence-corrected chi connectivity index (χ1v) is 8.92. The van der Waals surface area contributed by atoms with Gasteiger partial charge in [-0.15, -0.1) is 10.2 Å². The highest BCUT2D eigenvalue weighted by atomic mass is 15.3. The number of pyridine rings is 1. The van der Waals surface area contributed by atoms with E-state index in [1.54, 1.807) is 0 Å². The van der Waals surface area contributed by atoms with Crippen molar-refractivity contribution in [1.29, 1.82) is 0 Å². The van der Waals surface area contributed by atoms with Crippen LogP contribution >= 0.6 is 0 Å². The number of aromatic nitrogens is 3. The number of hydrogen-bond donors (Lipinski definition) is 0. The zero-order valence-electron chi connectivity index (χ0n) is 15.6. The van der Waals surface area contributed by atoms with E-state index in [9.17, 15) is 0 Å². The first-order chi connectivity index (χ1) is 12.7. The van der Waals surface area contributed by atoms with Crippen molar-refractivity contribution in [2.24, 2.45) is 0 Å². The zero-order chi connectivity index (χ0) is 18.4. The second-order valence-electron chi connectivity index (χ2n) is 6.39. The summed E-state index contributed by atoms with van der Waals surface area (Å²) in [6, 6.07) is 16.3. The summed E-state index contributed by atoms with van der Waals surface area (Å²) in [6.45, 7) is 5.06. The molecule has 26 heavy (non-hydrogen) atoms. The van der Waals surface area contributed by atoms with Gasteiger partial charge in [0.25, 0.3) is 0 Å². The zero-order valence-corrected chi connectivity index (χ0v) is 15.6. The Morgan fingerprint density at radius 2 is 1.58 bits per heavy atom. The van der Waals surface area contributed by atoms with Gasteiger partial charge in [0.05, 0.1) is 5.69 Å². The molecule has 0 fully saturated rings. The molecule has 0 amide bonds. The molecule has 5 heteroatoms. The van der Waals surface area contributed by atoms with Crippen molar-refractivity contribution in [1.82, 2.24) is 20.1 Å². The molecule has 0 atom stereocenters. The minimum Gasteiger partial charge on any atom is -0.356 e. The first-order valence-electron chi connectivity index (χ1n) is 8.92. The summed E-state index contributed by atoms with van der Waals surface area (Å²) in [6.07, 6.45) is 3.62. The molecule has 0 N–H and O–H groups in total. The van der Waals surface area contributed by atoms with Gasteiger partial charge in [0.15, 0.2) is 5.82 Å². The van der Waals surface area contributed by atoms with E-state index in [-0.39, 0.29) is 0 Å². The second kappa shape index (κ2) is 8.54. The summed E-state index contributed by atoms with van der Waals surface area (Å²) < 4.78 is 0. The molecule has 0 aliphatic carbocycles. The van der Waals surface area contributed by atoms with Crippen LogP contribution in [-0.2, 0) is 0 Å². The largest absolute Gasteiger partial charge is 0.356 e. The number of rotatable bonds is 7. The van der Waals surface area contributed by atoms with Crippen molar-refractivity contribution in [2.45, 2.75) is 6.92 Å². The molecule has 3 aromatic rings. The van der Waals surface area contributed by atoms with Gasteiger partial charge in [0.2, 0.25) is 0 Å². The average Bonchev–Trinajstić information content (AvgIpc) is 2.72. The summed E-state index contributed by atoms with van der Waals surface area (Å²) >= 11 is 0. The van der Waals surface area contributed by atoms with Gasteiger partial charge in [-0.1, -0.05) is 37.3 Å².